The molecular weight excluding hydrogens is 340 g/mol. The standard InChI is InChI=1S/C21H26N4O2/c1-20(2,25-14-16(22)13-23-25)19(27)24-11-9-21(10-12-24)8-7-15-5-3-4-6-17(15)18(21)26/h3-6,13-14H,7-12,22H2,1-2H3. The minimum atomic E-state index is -0.800. The van der Waals surface area contributed by atoms with E-state index in [1.807, 2.05) is 36.9 Å². The molecular formula is C21H26N4O2. The monoisotopic (exact) mass is 366 g/mol. The molecule has 2 N–H and O–H groups in total. The van der Waals surface area contributed by atoms with Gasteiger partial charge in [-0.3, -0.25) is 14.3 Å². The maximum atomic E-state index is 13.2. The van der Waals surface area contributed by atoms with E-state index in [-0.39, 0.29) is 17.1 Å². The number of Topliss-reactive ketones (excluding diaryl/α,β-unsaturated/α-hetero) is 1. The van der Waals surface area contributed by atoms with Gasteiger partial charge in [-0.05, 0) is 45.1 Å². The van der Waals surface area contributed by atoms with Gasteiger partial charge in [-0.2, -0.15) is 5.10 Å². The van der Waals surface area contributed by atoms with Crippen LogP contribution in [0.4, 0.5) is 5.69 Å². The zero-order chi connectivity index (χ0) is 19.2. The van der Waals surface area contributed by atoms with Crippen LogP contribution in [0.5, 0.6) is 0 Å². The second kappa shape index (κ2) is 6.22. The lowest BCUT2D eigenvalue weighted by atomic mass is 9.65. The van der Waals surface area contributed by atoms with E-state index >= 15 is 0 Å². The minimum absolute atomic E-state index is 0.0177. The molecule has 1 aliphatic carbocycles. The van der Waals surface area contributed by atoms with Crippen molar-refractivity contribution in [1.29, 1.82) is 0 Å². The van der Waals surface area contributed by atoms with Crippen molar-refractivity contribution in [2.45, 2.75) is 45.1 Å². The van der Waals surface area contributed by atoms with Crippen molar-refractivity contribution in [2.24, 2.45) is 5.41 Å². The molecule has 2 aliphatic rings. The van der Waals surface area contributed by atoms with Gasteiger partial charge in [-0.25, -0.2) is 0 Å². The molecule has 1 aliphatic heterocycles. The first-order valence-corrected chi connectivity index (χ1v) is 9.56. The van der Waals surface area contributed by atoms with E-state index in [4.69, 9.17) is 5.73 Å². The molecule has 1 spiro atoms. The fourth-order valence-corrected chi connectivity index (χ4v) is 4.48. The van der Waals surface area contributed by atoms with Gasteiger partial charge in [-0.15, -0.1) is 0 Å². The van der Waals surface area contributed by atoms with E-state index in [1.165, 1.54) is 0 Å². The van der Waals surface area contributed by atoms with E-state index in [0.29, 0.717) is 18.8 Å². The molecule has 1 saturated heterocycles. The van der Waals surface area contributed by atoms with E-state index in [1.54, 1.807) is 17.1 Å². The van der Waals surface area contributed by atoms with Gasteiger partial charge in [0.15, 0.2) is 5.78 Å². The number of carbonyl (C=O) groups excluding carboxylic acids is 2. The summed E-state index contributed by atoms with van der Waals surface area (Å²) in [5.74, 6) is 0.277. The average Bonchev–Trinajstić information content (AvgIpc) is 3.12. The Morgan fingerprint density at radius 1 is 1.19 bits per heavy atom. The zero-order valence-corrected chi connectivity index (χ0v) is 15.9. The van der Waals surface area contributed by atoms with Gasteiger partial charge in [0.1, 0.15) is 5.54 Å². The summed E-state index contributed by atoms with van der Waals surface area (Å²) < 4.78 is 1.62. The van der Waals surface area contributed by atoms with Crippen molar-refractivity contribution in [1.82, 2.24) is 14.7 Å². The van der Waals surface area contributed by atoms with E-state index < -0.39 is 5.54 Å². The highest BCUT2D eigenvalue weighted by molar-refractivity contribution is 6.03. The van der Waals surface area contributed by atoms with Gasteiger partial charge in [0.25, 0.3) is 0 Å². The lowest BCUT2D eigenvalue weighted by Crippen LogP contribution is -2.53. The van der Waals surface area contributed by atoms with Gasteiger partial charge in [0.2, 0.25) is 5.91 Å². The highest BCUT2D eigenvalue weighted by Gasteiger charge is 2.46. The van der Waals surface area contributed by atoms with Crippen LogP contribution in [0.25, 0.3) is 0 Å². The highest BCUT2D eigenvalue weighted by Crippen LogP contribution is 2.43. The minimum Gasteiger partial charge on any atom is -0.396 e. The third-order valence-electron chi connectivity index (χ3n) is 6.32. The fraction of sp³-hybridized carbons (Fsp3) is 0.476. The predicted octanol–water partition coefficient (Wildman–Crippen LogP) is 2.64. The summed E-state index contributed by atoms with van der Waals surface area (Å²) in [4.78, 5) is 28.2. The number of piperidine rings is 1. The molecule has 0 atom stereocenters. The van der Waals surface area contributed by atoms with Gasteiger partial charge in [-0.1, -0.05) is 24.3 Å². The number of benzene rings is 1. The highest BCUT2D eigenvalue weighted by atomic mass is 16.2. The Balaban J connectivity index is 1.49. The molecule has 0 bridgehead atoms. The summed E-state index contributed by atoms with van der Waals surface area (Å²) in [6.45, 7) is 4.92. The van der Waals surface area contributed by atoms with Crippen molar-refractivity contribution in [2.75, 3.05) is 18.8 Å². The smallest absolute Gasteiger partial charge is 0.249 e. The Hall–Kier alpha value is -2.63. The van der Waals surface area contributed by atoms with Crippen molar-refractivity contribution in [3.63, 3.8) is 0 Å². The number of fused-ring (bicyclic) bond motifs is 1. The summed E-state index contributed by atoms with van der Waals surface area (Å²) in [5.41, 5.74) is 7.21. The van der Waals surface area contributed by atoms with Gasteiger partial charge >= 0.3 is 0 Å². The molecule has 0 radical (unpaired) electrons. The fourth-order valence-electron chi connectivity index (χ4n) is 4.48. The molecule has 4 rings (SSSR count). The second-order valence-electron chi connectivity index (χ2n) is 8.34. The summed E-state index contributed by atoms with van der Waals surface area (Å²) in [6, 6.07) is 7.93. The number of hydrogen-bond donors (Lipinski definition) is 1. The molecule has 2 heterocycles. The van der Waals surface area contributed by atoms with E-state index in [9.17, 15) is 9.59 Å². The molecule has 0 saturated carbocycles. The Kier molecular flexibility index (Phi) is 4.09. The third kappa shape index (κ3) is 2.83. The van der Waals surface area contributed by atoms with Crippen molar-refractivity contribution in [3.8, 4) is 0 Å². The Morgan fingerprint density at radius 3 is 2.56 bits per heavy atom. The number of anilines is 1. The van der Waals surface area contributed by atoms with Crippen LogP contribution in [0.2, 0.25) is 0 Å². The Labute approximate surface area is 159 Å². The molecule has 27 heavy (non-hydrogen) atoms. The molecule has 142 valence electrons. The van der Waals surface area contributed by atoms with Crippen molar-refractivity contribution < 1.29 is 9.59 Å². The molecule has 1 aromatic carbocycles. The van der Waals surface area contributed by atoms with Crippen LogP contribution in [-0.4, -0.2) is 39.5 Å². The summed E-state index contributed by atoms with van der Waals surface area (Å²) >= 11 is 0. The quantitative estimate of drug-likeness (QED) is 0.886. The first kappa shape index (κ1) is 17.8. The number of likely N-dealkylation sites (tertiary alicyclic amines) is 1. The Bertz CT molecular complexity index is 891. The number of rotatable bonds is 2. The number of nitrogen functional groups attached to an aromatic ring is 1. The van der Waals surface area contributed by atoms with Crippen LogP contribution < -0.4 is 5.73 Å². The first-order valence-electron chi connectivity index (χ1n) is 9.56. The number of ketones is 1. The molecule has 2 aromatic rings. The maximum absolute atomic E-state index is 13.2. The summed E-state index contributed by atoms with van der Waals surface area (Å²) in [6.07, 6.45) is 6.51. The number of carbonyl (C=O) groups is 2. The van der Waals surface area contributed by atoms with Crippen LogP contribution >= 0.6 is 0 Å². The van der Waals surface area contributed by atoms with Crippen LogP contribution in [-0.2, 0) is 16.8 Å². The van der Waals surface area contributed by atoms with E-state index in [0.717, 1.165) is 36.8 Å². The van der Waals surface area contributed by atoms with Crippen molar-refractivity contribution >= 4 is 17.4 Å². The molecule has 0 unspecified atom stereocenters. The van der Waals surface area contributed by atoms with Crippen molar-refractivity contribution in [3.05, 3.63) is 47.8 Å². The lowest BCUT2D eigenvalue weighted by Gasteiger charge is -2.44. The average molecular weight is 366 g/mol. The number of nitrogens with two attached hydrogens (primary N) is 1. The summed E-state index contributed by atoms with van der Waals surface area (Å²) in [5, 5.41) is 4.21. The predicted molar refractivity (Wildman–Crippen MR) is 103 cm³/mol. The lowest BCUT2D eigenvalue weighted by molar-refractivity contribution is -0.141. The largest absolute Gasteiger partial charge is 0.396 e. The van der Waals surface area contributed by atoms with Crippen LogP contribution in [0.3, 0.4) is 0 Å². The SMILES string of the molecule is CC(C)(C(=O)N1CCC2(CCc3ccccc3C2=O)CC1)n1cc(N)cn1. The molecule has 1 aromatic heterocycles. The molecule has 1 fully saturated rings. The number of aromatic nitrogens is 2. The number of hydrogen-bond acceptors (Lipinski definition) is 4. The molecule has 6 nitrogen and oxygen atoms in total. The number of nitrogens with zero attached hydrogens (tertiary/aromatic N) is 3. The van der Waals surface area contributed by atoms with Gasteiger partial charge in [0, 0.05) is 30.3 Å². The molecule has 6 heteroatoms. The van der Waals surface area contributed by atoms with Gasteiger partial charge in [0.05, 0.1) is 11.9 Å². The zero-order valence-electron chi connectivity index (χ0n) is 15.9. The second-order valence-corrected chi connectivity index (χ2v) is 8.34. The summed E-state index contributed by atoms with van der Waals surface area (Å²) in [7, 11) is 0. The maximum Gasteiger partial charge on any atom is 0.249 e. The van der Waals surface area contributed by atoms with Crippen LogP contribution in [0.15, 0.2) is 36.7 Å². The Morgan fingerprint density at radius 2 is 1.89 bits per heavy atom. The number of amides is 1. The van der Waals surface area contributed by atoms with E-state index in [2.05, 4.69) is 11.2 Å². The normalized spacial score (nSPS) is 19.2. The van der Waals surface area contributed by atoms with Crippen LogP contribution in [0, 0.1) is 5.41 Å². The first-order chi connectivity index (χ1) is 12.8. The number of aryl methyl sites for hydroxylation is 1. The van der Waals surface area contributed by atoms with Gasteiger partial charge < -0.3 is 10.6 Å². The molecule has 1 amide bonds. The van der Waals surface area contributed by atoms with Crippen LogP contribution in [0.1, 0.15) is 49.0 Å². The topological polar surface area (TPSA) is 81.2 Å². The third-order valence-corrected chi connectivity index (χ3v) is 6.32.